The normalized spacial score (nSPS) is 23.1. The Morgan fingerprint density at radius 3 is 2.75 bits per heavy atom. The van der Waals surface area contributed by atoms with Crippen LogP contribution >= 0.6 is 24.0 Å². The van der Waals surface area contributed by atoms with Crippen LogP contribution < -0.4 is 10.0 Å². The molecule has 0 radical (unpaired) electrons. The van der Waals surface area contributed by atoms with Gasteiger partial charge in [-0.05, 0) is 44.5 Å². The third-order valence-corrected chi connectivity index (χ3v) is 5.13. The van der Waals surface area contributed by atoms with Crippen LogP contribution in [0.2, 0.25) is 5.02 Å². The highest BCUT2D eigenvalue weighted by Gasteiger charge is 2.25. The minimum atomic E-state index is -3.71. The molecule has 1 aliphatic rings. The first-order valence-corrected chi connectivity index (χ1v) is 7.95. The van der Waals surface area contributed by atoms with Gasteiger partial charge in [0.1, 0.15) is 10.7 Å². The van der Waals surface area contributed by atoms with E-state index in [2.05, 4.69) is 10.0 Å². The van der Waals surface area contributed by atoms with Crippen LogP contribution in [0.5, 0.6) is 0 Å². The molecular formula is C12H17Cl2FN2O2S. The van der Waals surface area contributed by atoms with Crippen LogP contribution in [0.25, 0.3) is 0 Å². The molecule has 2 N–H and O–H groups in total. The maximum absolute atomic E-state index is 12.9. The zero-order valence-electron chi connectivity index (χ0n) is 10.9. The molecule has 0 aromatic heterocycles. The molecule has 0 saturated carbocycles. The summed E-state index contributed by atoms with van der Waals surface area (Å²) in [7, 11) is -3.71. The molecule has 1 fully saturated rings. The SMILES string of the molecule is CC1CC(NS(=O)(=O)c2ccc(F)cc2Cl)CCN1.Cl. The number of halogens is 3. The summed E-state index contributed by atoms with van der Waals surface area (Å²) in [6.07, 6.45) is 1.44. The van der Waals surface area contributed by atoms with E-state index >= 15 is 0 Å². The highest BCUT2D eigenvalue weighted by molar-refractivity contribution is 7.89. The Bertz CT molecular complexity index is 569. The van der Waals surface area contributed by atoms with E-state index in [1.807, 2.05) is 6.92 Å². The fourth-order valence-electron chi connectivity index (χ4n) is 2.22. The Balaban J connectivity index is 0.00000200. The first-order valence-electron chi connectivity index (χ1n) is 6.09. The van der Waals surface area contributed by atoms with E-state index in [-0.39, 0.29) is 34.4 Å². The number of nitrogens with one attached hydrogen (secondary N) is 2. The van der Waals surface area contributed by atoms with Crippen molar-refractivity contribution in [1.82, 2.24) is 10.0 Å². The van der Waals surface area contributed by atoms with Gasteiger partial charge < -0.3 is 5.32 Å². The first kappa shape index (κ1) is 17.7. The lowest BCUT2D eigenvalue weighted by Crippen LogP contribution is -2.46. The fourth-order valence-corrected chi connectivity index (χ4v) is 4.03. The molecule has 0 amide bonds. The Hall–Kier alpha value is -0.400. The Kier molecular flexibility index (Phi) is 6.22. The van der Waals surface area contributed by atoms with Gasteiger partial charge in [-0.25, -0.2) is 17.5 Å². The summed E-state index contributed by atoms with van der Waals surface area (Å²) in [6, 6.07) is 3.42. The number of hydrogen-bond donors (Lipinski definition) is 2. The smallest absolute Gasteiger partial charge is 0.242 e. The Morgan fingerprint density at radius 2 is 2.15 bits per heavy atom. The van der Waals surface area contributed by atoms with Gasteiger partial charge >= 0.3 is 0 Å². The highest BCUT2D eigenvalue weighted by Crippen LogP contribution is 2.23. The molecule has 2 unspecified atom stereocenters. The molecule has 20 heavy (non-hydrogen) atoms. The molecular weight excluding hydrogens is 326 g/mol. The molecule has 0 aliphatic carbocycles. The standard InChI is InChI=1S/C12H16ClFN2O2S.ClH/c1-8-6-10(4-5-15-8)16-19(17,18)12-3-2-9(14)7-11(12)13;/h2-3,7-8,10,15-16H,4-6H2,1H3;1H. The van der Waals surface area contributed by atoms with Gasteiger partial charge in [-0.15, -0.1) is 12.4 Å². The Labute approximate surface area is 129 Å². The van der Waals surface area contributed by atoms with Gasteiger partial charge in [0.05, 0.1) is 5.02 Å². The summed E-state index contributed by atoms with van der Waals surface area (Å²) >= 11 is 5.79. The predicted octanol–water partition coefficient (Wildman–Crippen LogP) is 2.32. The topological polar surface area (TPSA) is 58.2 Å². The van der Waals surface area contributed by atoms with E-state index in [1.165, 1.54) is 6.07 Å². The van der Waals surface area contributed by atoms with Crippen molar-refractivity contribution in [3.8, 4) is 0 Å². The van der Waals surface area contributed by atoms with Crippen molar-refractivity contribution < 1.29 is 12.8 Å². The van der Waals surface area contributed by atoms with Crippen molar-refractivity contribution in [2.75, 3.05) is 6.54 Å². The van der Waals surface area contributed by atoms with E-state index in [4.69, 9.17) is 11.6 Å². The lowest BCUT2D eigenvalue weighted by molar-refractivity contribution is 0.361. The number of hydrogen-bond acceptors (Lipinski definition) is 3. The molecule has 2 rings (SSSR count). The van der Waals surface area contributed by atoms with Gasteiger partial charge in [0, 0.05) is 12.1 Å². The minimum Gasteiger partial charge on any atom is -0.314 e. The zero-order valence-corrected chi connectivity index (χ0v) is 13.3. The van der Waals surface area contributed by atoms with Crippen molar-refractivity contribution in [3.63, 3.8) is 0 Å². The molecule has 114 valence electrons. The molecule has 1 aliphatic heterocycles. The van der Waals surface area contributed by atoms with Crippen molar-refractivity contribution in [2.24, 2.45) is 0 Å². The molecule has 8 heteroatoms. The van der Waals surface area contributed by atoms with E-state index < -0.39 is 15.8 Å². The second kappa shape index (κ2) is 7.04. The van der Waals surface area contributed by atoms with E-state index in [0.717, 1.165) is 31.5 Å². The van der Waals surface area contributed by atoms with Gasteiger partial charge in [-0.3, -0.25) is 0 Å². The summed E-state index contributed by atoms with van der Waals surface area (Å²) in [5, 5.41) is 3.14. The van der Waals surface area contributed by atoms with Crippen molar-refractivity contribution in [1.29, 1.82) is 0 Å². The van der Waals surface area contributed by atoms with Crippen LogP contribution in [0, 0.1) is 5.82 Å². The zero-order chi connectivity index (χ0) is 14.0. The van der Waals surface area contributed by atoms with Crippen LogP contribution in [0.4, 0.5) is 4.39 Å². The van der Waals surface area contributed by atoms with Crippen LogP contribution in [-0.2, 0) is 10.0 Å². The molecule has 1 heterocycles. The van der Waals surface area contributed by atoms with Crippen LogP contribution in [0.3, 0.4) is 0 Å². The maximum atomic E-state index is 12.9. The van der Waals surface area contributed by atoms with E-state index in [1.54, 1.807) is 0 Å². The van der Waals surface area contributed by atoms with Crippen molar-refractivity contribution >= 4 is 34.0 Å². The molecule has 1 saturated heterocycles. The molecule has 0 spiro atoms. The largest absolute Gasteiger partial charge is 0.314 e. The summed E-state index contributed by atoms with van der Waals surface area (Å²) < 4.78 is 40.0. The van der Waals surface area contributed by atoms with Gasteiger partial charge in [0.2, 0.25) is 10.0 Å². The molecule has 0 bridgehead atoms. The Morgan fingerprint density at radius 1 is 1.45 bits per heavy atom. The van der Waals surface area contributed by atoms with Gasteiger partial charge in [0.25, 0.3) is 0 Å². The van der Waals surface area contributed by atoms with Gasteiger partial charge in [0.15, 0.2) is 0 Å². The third kappa shape index (κ3) is 4.30. The molecule has 4 nitrogen and oxygen atoms in total. The van der Waals surface area contributed by atoms with E-state index in [0.29, 0.717) is 0 Å². The van der Waals surface area contributed by atoms with Gasteiger partial charge in [-0.2, -0.15) is 0 Å². The second-order valence-electron chi connectivity index (χ2n) is 4.77. The number of rotatable bonds is 3. The average molecular weight is 343 g/mol. The second-order valence-corrected chi connectivity index (χ2v) is 6.86. The van der Waals surface area contributed by atoms with Gasteiger partial charge in [-0.1, -0.05) is 11.6 Å². The van der Waals surface area contributed by atoms with Crippen LogP contribution in [0.1, 0.15) is 19.8 Å². The molecule has 1 aromatic rings. The van der Waals surface area contributed by atoms with Crippen molar-refractivity contribution in [3.05, 3.63) is 29.0 Å². The summed E-state index contributed by atoms with van der Waals surface area (Å²) in [5.74, 6) is -0.556. The predicted molar refractivity (Wildman–Crippen MR) is 79.5 cm³/mol. The third-order valence-electron chi connectivity index (χ3n) is 3.13. The summed E-state index contributed by atoms with van der Waals surface area (Å²) in [6.45, 7) is 2.77. The quantitative estimate of drug-likeness (QED) is 0.886. The number of benzene rings is 1. The summed E-state index contributed by atoms with van der Waals surface area (Å²) in [4.78, 5) is -0.0817. The summed E-state index contributed by atoms with van der Waals surface area (Å²) in [5.41, 5.74) is 0. The number of piperidine rings is 1. The van der Waals surface area contributed by atoms with Crippen molar-refractivity contribution in [2.45, 2.75) is 36.7 Å². The minimum absolute atomic E-state index is 0. The lowest BCUT2D eigenvalue weighted by Gasteiger charge is -2.28. The van der Waals surface area contributed by atoms with Crippen LogP contribution in [-0.4, -0.2) is 27.0 Å². The lowest BCUT2D eigenvalue weighted by atomic mass is 10.0. The first-order chi connectivity index (χ1) is 8.88. The number of sulfonamides is 1. The fraction of sp³-hybridized carbons (Fsp3) is 0.500. The average Bonchev–Trinajstić information content (AvgIpc) is 2.27. The molecule has 2 atom stereocenters. The monoisotopic (exact) mass is 342 g/mol. The van der Waals surface area contributed by atoms with Crippen LogP contribution in [0.15, 0.2) is 23.1 Å². The maximum Gasteiger partial charge on any atom is 0.242 e. The highest BCUT2D eigenvalue weighted by atomic mass is 35.5. The molecule has 1 aromatic carbocycles. The van der Waals surface area contributed by atoms with E-state index in [9.17, 15) is 12.8 Å².